The first-order valence-electron chi connectivity index (χ1n) is 13.9. The molecule has 2 fully saturated rings. The Hall–Kier alpha value is -3.42. The van der Waals surface area contributed by atoms with Crippen LogP contribution in [0.3, 0.4) is 0 Å². The summed E-state index contributed by atoms with van der Waals surface area (Å²) >= 11 is 0. The first-order chi connectivity index (χ1) is 18.7. The smallest absolute Gasteiger partial charge is 0.127 e. The molecule has 0 bridgehead atoms. The maximum Gasteiger partial charge on any atom is 0.127 e. The molecule has 2 aliphatic rings. The topological polar surface area (TPSA) is 58.5 Å². The summed E-state index contributed by atoms with van der Waals surface area (Å²) in [4.78, 5) is 9.58. The van der Waals surface area contributed by atoms with Gasteiger partial charge in [0.1, 0.15) is 17.3 Å². The third kappa shape index (κ3) is 5.40. The van der Waals surface area contributed by atoms with Crippen LogP contribution >= 0.6 is 0 Å². The summed E-state index contributed by atoms with van der Waals surface area (Å²) in [5, 5.41) is 9.52. The summed E-state index contributed by atoms with van der Waals surface area (Å²) in [5.41, 5.74) is 4.67. The Balaban J connectivity index is 1.21. The Morgan fingerprint density at radius 3 is 2.37 bits per heavy atom. The number of piperazine rings is 1. The van der Waals surface area contributed by atoms with Crippen LogP contribution in [0.25, 0.3) is 22.2 Å². The number of fused-ring (bicyclic) bond motifs is 1. The van der Waals surface area contributed by atoms with Crippen molar-refractivity contribution in [3.8, 4) is 17.0 Å². The number of anilines is 1. The number of nitrogens with zero attached hydrogens (tertiary/aromatic N) is 5. The van der Waals surface area contributed by atoms with Crippen molar-refractivity contribution in [1.82, 2.24) is 24.6 Å². The van der Waals surface area contributed by atoms with Crippen LogP contribution in [0, 0.1) is 0 Å². The molecule has 0 amide bonds. The number of para-hydroxylation sites is 1. The zero-order chi connectivity index (χ0) is 25.9. The van der Waals surface area contributed by atoms with E-state index < -0.39 is 0 Å². The average Bonchev–Trinajstić information content (AvgIpc) is 3.34. The number of rotatable bonds is 7. The monoisotopic (exact) mass is 510 g/mol. The van der Waals surface area contributed by atoms with Crippen molar-refractivity contribution in [1.29, 1.82) is 0 Å². The number of ether oxygens (including phenoxy) is 1. The molecule has 1 aliphatic heterocycles. The number of hydrogen-bond donors (Lipinski definition) is 1. The molecule has 38 heavy (non-hydrogen) atoms. The predicted octanol–water partition coefficient (Wildman–Crippen LogP) is 5.45. The molecule has 7 nitrogen and oxygen atoms in total. The van der Waals surface area contributed by atoms with Gasteiger partial charge in [0, 0.05) is 63.0 Å². The van der Waals surface area contributed by atoms with Crippen molar-refractivity contribution in [3.63, 3.8) is 0 Å². The normalized spacial score (nSPS) is 21.0. The van der Waals surface area contributed by atoms with Crippen LogP contribution in [0.2, 0.25) is 0 Å². The fourth-order valence-electron chi connectivity index (χ4n) is 5.79. The van der Waals surface area contributed by atoms with E-state index in [1.165, 1.54) is 5.56 Å². The Labute approximate surface area is 225 Å². The molecule has 3 heterocycles. The number of benzene rings is 2. The summed E-state index contributed by atoms with van der Waals surface area (Å²) in [6, 6.07) is 21.7. The second kappa shape index (κ2) is 11.1. The largest absolute Gasteiger partial charge is 0.490 e. The zero-order valence-corrected chi connectivity index (χ0v) is 22.5. The van der Waals surface area contributed by atoms with Crippen LogP contribution < -0.4 is 10.1 Å². The van der Waals surface area contributed by atoms with Crippen LogP contribution in [0.15, 0.2) is 66.9 Å². The Morgan fingerprint density at radius 1 is 0.921 bits per heavy atom. The minimum atomic E-state index is 0.261. The zero-order valence-electron chi connectivity index (χ0n) is 22.5. The highest BCUT2D eigenvalue weighted by Gasteiger charge is 2.27. The molecule has 2 aromatic carbocycles. The summed E-state index contributed by atoms with van der Waals surface area (Å²) < 4.78 is 8.51. The Morgan fingerprint density at radius 2 is 1.66 bits per heavy atom. The van der Waals surface area contributed by atoms with Crippen LogP contribution in [0.1, 0.15) is 37.3 Å². The van der Waals surface area contributed by atoms with Crippen LogP contribution in [-0.4, -0.2) is 70.9 Å². The number of hydrogen-bond acceptors (Lipinski definition) is 6. The van der Waals surface area contributed by atoms with Gasteiger partial charge in [0.25, 0.3) is 0 Å². The summed E-state index contributed by atoms with van der Waals surface area (Å²) in [7, 11) is 4.12. The quantitative estimate of drug-likeness (QED) is 0.357. The molecule has 198 valence electrons. The first-order valence-corrected chi connectivity index (χ1v) is 13.9. The number of nitrogens with one attached hydrogen (secondary N) is 1. The van der Waals surface area contributed by atoms with E-state index in [0.29, 0.717) is 6.04 Å². The van der Waals surface area contributed by atoms with Gasteiger partial charge in [-0.3, -0.25) is 9.58 Å². The van der Waals surface area contributed by atoms with E-state index >= 15 is 0 Å². The van der Waals surface area contributed by atoms with Crippen LogP contribution in [-0.2, 0) is 6.54 Å². The Kier molecular flexibility index (Phi) is 7.29. The van der Waals surface area contributed by atoms with E-state index in [9.17, 15) is 0 Å². The molecule has 1 aliphatic carbocycles. The van der Waals surface area contributed by atoms with Gasteiger partial charge in [-0.15, -0.1) is 0 Å². The van der Waals surface area contributed by atoms with E-state index in [-0.39, 0.29) is 6.10 Å². The molecular formula is C31H38N6O. The van der Waals surface area contributed by atoms with Gasteiger partial charge in [-0.05, 0) is 50.4 Å². The van der Waals surface area contributed by atoms with Gasteiger partial charge < -0.3 is 15.0 Å². The van der Waals surface area contributed by atoms with E-state index in [1.54, 1.807) is 0 Å². The standard InChI is InChI=1S/C31H38N6O/c1-32-30-20-29-28(21-33-30)31(24-10-8-23(9-11-24)22-36-18-16-35(2)17-19-36)34-37(29)25-12-14-27(15-13-25)38-26-6-4-3-5-7-26/h3-11,20-21,25,27H,12-19,22H2,1-2H3,(H,32,33). The highest BCUT2D eigenvalue weighted by Crippen LogP contribution is 2.36. The van der Waals surface area contributed by atoms with E-state index in [1.807, 2.05) is 43.6 Å². The molecule has 1 saturated heterocycles. The van der Waals surface area contributed by atoms with Crippen molar-refractivity contribution in [2.24, 2.45) is 0 Å². The summed E-state index contributed by atoms with van der Waals surface area (Å²) in [6.07, 6.45) is 6.39. The summed E-state index contributed by atoms with van der Waals surface area (Å²) in [5.74, 6) is 1.83. The highest BCUT2D eigenvalue weighted by molar-refractivity contribution is 5.94. The number of aromatic nitrogens is 3. The lowest BCUT2D eigenvalue weighted by molar-refractivity contribution is 0.131. The fourth-order valence-corrected chi connectivity index (χ4v) is 5.79. The first kappa shape index (κ1) is 24.9. The van der Waals surface area contributed by atoms with E-state index in [0.717, 1.165) is 92.1 Å². The van der Waals surface area contributed by atoms with Gasteiger partial charge in [0.2, 0.25) is 0 Å². The lowest BCUT2D eigenvalue weighted by Gasteiger charge is -2.32. The molecule has 0 spiro atoms. The van der Waals surface area contributed by atoms with Crippen LogP contribution in [0.4, 0.5) is 5.82 Å². The molecule has 1 saturated carbocycles. The molecule has 0 radical (unpaired) electrons. The summed E-state index contributed by atoms with van der Waals surface area (Å²) in [6.45, 7) is 5.55. The molecule has 7 heteroatoms. The average molecular weight is 511 g/mol. The highest BCUT2D eigenvalue weighted by atomic mass is 16.5. The van der Waals surface area contributed by atoms with Crippen molar-refractivity contribution >= 4 is 16.7 Å². The molecule has 0 unspecified atom stereocenters. The SMILES string of the molecule is CNc1cc2c(cn1)c(-c1ccc(CN3CCN(C)CC3)cc1)nn2C1CCC(Oc2ccccc2)CC1. The maximum absolute atomic E-state index is 6.25. The Bertz CT molecular complexity index is 1340. The van der Waals surface area contributed by atoms with Crippen molar-refractivity contribution in [3.05, 3.63) is 72.4 Å². The molecule has 0 atom stereocenters. The van der Waals surface area contributed by atoms with E-state index in [2.05, 4.69) is 62.2 Å². The van der Waals surface area contributed by atoms with Gasteiger partial charge in [-0.2, -0.15) is 5.10 Å². The maximum atomic E-state index is 6.25. The minimum absolute atomic E-state index is 0.261. The molecule has 2 aromatic heterocycles. The van der Waals surface area contributed by atoms with Gasteiger partial charge >= 0.3 is 0 Å². The second-order valence-corrected chi connectivity index (χ2v) is 10.8. The molecule has 1 N–H and O–H groups in total. The van der Waals surface area contributed by atoms with Crippen molar-refractivity contribution < 1.29 is 4.74 Å². The van der Waals surface area contributed by atoms with Crippen molar-refractivity contribution in [2.45, 2.75) is 44.4 Å². The van der Waals surface area contributed by atoms with E-state index in [4.69, 9.17) is 9.84 Å². The third-order valence-electron chi connectivity index (χ3n) is 8.11. The van der Waals surface area contributed by atoms with Crippen LogP contribution in [0.5, 0.6) is 5.75 Å². The van der Waals surface area contributed by atoms with Gasteiger partial charge in [-0.1, -0.05) is 42.5 Å². The lowest BCUT2D eigenvalue weighted by atomic mass is 9.93. The van der Waals surface area contributed by atoms with Gasteiger partial charge in [0.15, 0.2) is 0 Å². The predicted molar refractivity (Wildman–Crippen MR) is 154 cm³/mol. The number of likely N-dealkylation sites (N-methyl/N-ethyl adjacent to an activating group) is 1. The minimum Gasteiger partial charge on any atom is -0.490 e. The number of pyridine rings is 1. The van der Waals surface area contributed by atoms with Gasteiger partial charge in [0.05, 0.1) is 17.7 Å². The molecular weight excluding hydrogens is 472 g/mol. The lowest BCUT2D eigenvalue weighted by Crippen LogP contribution is -2.43. The second-order valence-electron chi connectivity index (χ2n) is 10.8. The fraction of sp³-hybridized carbons (Fsp3) is 0.419. The van der Waals surface area contributed by atoms with Gasteiger partial charge in [-0.25, -0.2) is 4.98 Å². The third-order valence-corrected chi connectivity index (χ3v) is 8.11. The molecule has 6 rings (SSSR count). The molecule has 4 aromatic rings. The van der Waals surface area contributed by atoms with Crippen molar-refractivity contribution in [2.75, 3.05) is 45.6 Å².